The molecule has 0 saturated carbocycles. The van der Waals surface area contributed by atoms with Gasteiger partial charge in [-0.3, -0.25) is 14.3 Å². The number of aliphatic hydroxyl groups is 1. The maximum absolute atomic E-state index is 10.7. The predicted molar refractivity (Wildman–Crippen MR) is 52.4 cm³/mol. The van der Waals surface area contributed by atoms with Crippen molar-refractivity contribution in [1.29, 1.82) is 0 Å². The minimum absolute atomic E-state index is 0.0170. The molecule has 0 spiro atoms. The highest BCUT2D eigenvalue weighted by Crippen LogP contribution is 2.34. The summed E-state index contributed by atoms with van der Waals surface area (Å²) in [4.78, 5) is 28.9. The van der Waals surface area contributed by atoms with Gasteiger partial charge >= 0.3 is 13.6 Å². The van der Waals surface area contributed by atoms with Crippen molar-refractivity contribution >= 4 is 13.6 Å². The van der Waals surface area contributed by atoms with Gasteiger partial charge in [0.1, 0.15) is 6.29 Å². The SMILES string of the molecule is O=C(O)CN(CCCCO)CP(=O)(O)O. The van der Waals surface area contributed by atoms with Gasteiger partial charge in [0.25, 0.3) is 0 Å². The van der Waals surface area contributed by atoms with Crippen LogP contribution in [0.4, 0.5) is 0 Å². The zero-order chi connectivity index (χ0) is 11.9. The Morgan fingerprint density at radius 1 is 1.27 bits per heavy atom. The second-order valence-electron chi connectivity index (χ2n) is 3.18. The molecule has 0 aliphatic carbocycles. The number of aliphatic carboxylic acids is 1. The third kappa shape index (κ3) is 9.84. The van der Waals surface area contributed by atoms with Gasteiger partial charge in [0, 0.05) is 6.61 Å². The molecule has 0 radical (unpaired) electrons. The van der Waals surface area contributed by atoms with Crippen molar-refractivity contribution < 1.29 is 29.4 Å². The molecule has 0 aromatic rings. The van der Waals surface area contributed by atoms with E-state index in [-0.39, 0.29) is 13.2 Å². The van der Waals surface area contributed by atoms with Gasteiger partial charge in [-0.1, -0.05) is 0 Å². The Kier molecular flexibility index (Phi) is 6.71. The molecule has 0 aromatic heterocycles. The molecule has 0 bridgehead atoms. The third-order valence-electron chi connectivity index (χ3n) is 1.63. The molecule has 0 amide bonds. The molecule has 0 unspecified atom stereocenters. The quantitative estimate of drug-likeness (QED) is 0.327. The summed E-state index contributed by atoms with van der Waals surface area (Å²) in [5.41, 5.74) is 0. The second kappa shape index (κ2) is 6.92. The maximum Gasteiger partial charge on any atom is 0.339 e. The van der Waals surface area contributed by atoms with Gasteiger partial charge in [-0.2, -0.15) is 0 Å². The monoisotopic (exact) mass is 241 g/mol. The average Bonchev–Trinajstić information content (AvgIpc) is 2.00. The van der Waals surface area contributed by atoms with E-state index in [0.717, 1.165) is 0 Å². The zero-order valence-electron chi connectivity index (χ0n) is 8.24. The Bertz CT molecular complexity index is 240. The first-order valence-corrected chi connectivity index (χ1v) is 6.24. The lowest BCUT2D eigenvalue weighted by molar-refractivity contribution is -0.138. The van der Waals surface area contributed by atoms with Crippen LogP contribution in [0.5, 0.6) is 0 Å². The lowest BCUT2D eigenvalue weighted by atomic mass is 10.3. The first-order chi connectivity index (χ1) is 6.85. The van der Waals surface area contributed by atoms with Gasteiger partial charge in [-0.15, -0.1) is 0 Å². The Hall–Kier alpha value is -0.460. The fraction of sp³-hybridized carbons (Fsp3) is 0.857. The fourth-order valence-corrected chi connectivity index (χ4v) is 1.86. The van der Waals surface area contributed by atoms with Crippen molar-refractivity contribution in [2.75, 3.05) is 26.0 Å². The van der Waals surface area contributed by atoms with Crippen LogP contribution in [-0.2, 0) is 9.36 Å². The van der Waals surface area contributed by atoms with Gasteiger partial charge in [0.2, 0.25) is 0 Å². The molecule has 0 saturated heterocycles. The summed E-state index contributed by atoms with van der Waals surface area (Å²) in [6.45, 7) is -0.175. The third-order valence-corrected chi connectivity index (χ3v) is 2.39. The van der Waals surface area contributed by atoms with Crippen LogP contribution >= 0.6 is 7.60 Å². The standard InChI is InChI=1S/C7H16NO6P/c9-4-2-1-3-8(5-7(10)11)6-15(12,13)14/h9H,1-6H2,(H,10,11)(H2,12,13,14). The van der Waals surface area contributed by atoms with Crippen LogP contribution < -0.4 is 0 Å². The van der Waals surface area contributed by atoms with Gasteiger partial charge in [-0.05, 0) is 19.4 Å². The number of carboxylic acid groups (broad SMARTS) is 1. The summed E-state index contributed by atoms with van der Waals surface area (Å²) >= 11 is 0. The summed E-state index contributed by atoms with van der Waals surface area (Å²) in [6.07, 6.45) is 0.422. The summed E-state index contributed by atoms with van der Waals surface area (Å²) in [5.74, 6) is -1.13. The lowest BCUT2D eigenvalue weighted by Gasteiger charge is -2.20. The molecule has 90 valence electrons. The van der Waals surface area contributed by atoms with E-state index in [1.54, 1.807) is 0 Å². The Morgan fingerprint density at radius 2 is 1.87 bits per heavy atom. The topological polar surface area (TPSA) is 118 Å². The van der Waals surface area contributed by atoms with Gasteiger partial charge in [0.15, 0.2) is 0 Å². The van der Waals surface area contributed by atoms with Crippen molar-refractivity contribution in [2.24, 2.45) is 0 Å². The lowest BCUT2D eigenvalue weighted by Crippen LogP contribution is -2.31. The van der Waals surface area contributed by atoms with Crippen LogP contribution in [0, 0.1) is 0 Å². The molecular weight excluding hydrogens is 225 g/mol. The molecule has 0 heterocycles. The van der Waals surface area contributed by atoms with Crippen LogP contribution in [-0.4, -0.2) is 56.9 Å². The Morgan fingerprint density at radius 3 is 2.27 bits per heavy atom. The highest BCUT2D eigenvalue weighted by molar-refractivity contribution is 7.51. The number of rotatable bonds is 8. The van der Waals surface area contributed by atoms with E-state index in [0.29, 0.717) is 12.8 Å². The van der Waals surface area contributed by atoms with Gasteiger partial charge < -0.3 is 20.0 Å². The molecule has 15 heavy (non-hydrogen) atoms. The van der Waals surface area contributed by atoms with E-state index < -0.39 is 26.4 Å². The average molecular weight is 241 g/mol. The number of carboxylic acids is 1. The van der Waals surface area contributed by atoms with Crippen LogP contribution in [0.3, 0.4) is 0 Å². The van der Waals surface area contributed by atoms with E-state index in [2.05, 4.69) is 0 Å². The molecular formula is C7H16NO6P. The molecule has 0 fully saturated rings. The van der Waals surface area contributed by atoms with Crippen LogP contribution in [0.2, 0.25) is 0 Å². The van der Waals surface area contributed by atoms with Crippen LogP contribution in [0.1, 0.15) is 12.8 Å². The highest BCUT2D eigenvalue weighted by Gasteiger charge is 2.20. The smallest absolute Gasteiger partial charge is 0.339 e. The van der Waals surface area contributed by atoms with E-state index in [1.807, 2.05) is 0 Å². The van der Waals surface area contributed by atoms with E-state index in [4.69, 9.17) is 20.0 Å². The number of nitrogens with zero attached hydrogens (tertiary/aromatic N) is 1. The van der Waals surface area contributed by atoms with Gasteiger partial charge in [0.05, 0.1) is 6.54 Å². The van der Waals surface area contributed by atoms with Crippen molar-refractivity contribution in [1.82, 2.24) is 4.90 Å². The summed E-state index contributed by atoms with van der Waals surface area (Å²) in [6, 6.07) is 0. The first-order valence-electron chi connectivity index (χ1n) is 4.44. The second-order valence-corrected chi connectivity index (χ2v) is 4.80. The van der Waals surface area contributed by atoms with Crippen molar-refractivity contribution in [3.63, 3.8) is 0 Å². The number of aliphatic hydroxyl groups excluding tert-OH is 1. The number of hydrogen-bond donors (Lipinski definition) is 4. The molecule has 7 nitrogen and oxygen atoms in total. The fourth-order valence-electron chi connectivity index (χ4n) is 1.10. The molecule has 8 heteroatoms. The molecule has 4 N–H and O–H groups in total. The number of unbranched alkanes of at least 4 members (excludes halogenated alkanes) is 1. The normalized spacial score (nSPS) is 12.0. The molecule has 0 rings (SSSR count). The largest absolute Gasteiger partial charge is 0.480 e. The zero-order valence-corrected chi connectivity index (χ0v) is 9.14. The Labute approximate surface area is 87.5 Å². The Balaban J connectivity index is 4.06. The van der Waals surface area contributed by atoms with E-state index >= 15 is 0 Å². The van der Waals surface area contributed by atoms with E-state index in [9.17, 15) is 9.36 Å². The minimum Gasteiger partial charge on any atom is -0.480 e. The van der Waals surface area contributed by atoms with Crippen LogP contribution in [0.25, 0.3) is 0 Å². The minimum atomic E-state index is -4.23. The molecule has 0 aliphatic heterocycles. The van der Waals surface area contributed by atoms with Crippen molar-refractivity contribution in [2.45, 2.75) is 12.8 Å². The highest BCUT2D eigenvalue weighted by atomic mass is 31.2. The predicted octanol–water partition coefficient (Wildman–Crippen LogP) is -0.719. The maximum atomic E-state index is 10.7. The van der Waals surface area contributed by atoms with Gasteiger partial charge in [-0.25, -0.2) is 0 Å². The molecule has 0 aliphatic rings. The summed E-state index contributed by atoms with van der Waals surface area (Å²) in [5, 5.41) is 17.0. The molecule has 0 aromatic carbocycles. The summed E-state index contributed by atoms with van der Waals surface area (Å²) in [7, 11) is -4.23. The first kappa shape index (κ1) is 14.5. The molecule has 0 atom stereocenters. The van der Waals surface area contributed by atoms with E-state index in [1.165, 1.54) is 4.90 Å². The van der Waals surface area contributed by atoms with Crippen molar-refractivity contribution in [3.8, 4) is 0 Å². The summed E-state index contributed by atoms with van der Waals surface area (Å²) < 4.78 is 10.7. The number of hydrogen-bond acceptors (Lipinski definition) is 4. The van der Waals surface area contributed by atoms with Crippen molar-refractivity contribution in [3.05, 3.63) is 0 Å². The van der Waals surface area contributed by atoms with Crippen LogP contribution in [0.15, 0.2) is 0 Å². The number of carbonyl (C=O) groups is 1.